The van der Waals surface area contributed by atoms with Gasteiger partial charge in [0.15, 0.2) is 0 Å². The lowest BCUT2D eigenvalue weighted by Crippen LogP contribution is -2.33. The van der Waals surface area contributed by atoms with E-state index < -0.39 is 0 Å². The van der Waals surface area contributed by atoms with E-state index in [0.29, 0.717) is 5.56 Å². The smallest absolute Gasteiger partial charge is 0.262 e. The fraction of sp³-hybridized carbons (Fsp3) is 0.312. The summed E-state index contributed by atoms with van der Waals surface area (Å²) in [7, 11) is 0. The van der Waals surface area contributed by atoms with Crippen molar-refractivity contribution in [2.45, 2.75) is 31.7 Å². The molecule has 1 amide bonds. The molecular weight excluding hydrogens is 250 g/mol. The third kappa shape index (κ3) is 3.46. The Morgan fingerprint density at radius 2 is 1.85 bits per heavy atom. The van der Waals surface area contributed by atoms with Crippen LogP contribution in [0.2, 0.25) is 0 Å². The largest absolute Gasteiger partial charge is 0.349 e. The third-order valence-corrected chi connectivity index (χ3v) is 3.41. The second-order valence-corrected chi connectivity index (χ2v) is 4.86. The first-order valence-electron chi connectivity index (χ1n) is 6.66. The number of carbonyl (C=O) groups is 1. The van der Waals surface area contributed by atoms with Crippen LogP contribution >= 0.6 is 0 Å². The molecular formula is C16H15N3O. The summed E-state index contributed by atoms with van der Waals surface area (Å²) in [6.07, 6.45) is 5.78. The number of amides is 1. The number of hydrogen-bond donors (Lipinski definition) is 1. The SMILES string of the molecule is N#C/C(=C\c1ccc(C#N)cc1)C(=O)NC1CCCC1. The minimum absolute atomic E-state index is 0.0987. The molecule has 1 aliphatic rings. The van der Waals surface area contributed by atoms with Gasteiger partial charge in [-0.1, -0.05) is 25.0 Å². The Balaban J connectivity index is 2.09. The van der Waals surface area contributed by atoms with Gasteiger partial charge < -0.3 is 5.32 Å². The molecule has 4 nitrogen and oxygen atoms in total. The van der Waals surface area contributed by atoms with Crippen LogP contribution in [0.4, 0.5) is 0 Å². The molecule has 0 aliphatic heterocycles. The topological polar surface area (TPSA) is 76.7 Å². The van der Waals surface area contributed by atoms with Gasteiger partial charge >= 0.3 is 0 Å². The second kappa shape index (κ2) is 6.54. The normalized spacial score (nSPS) is 15.4. The van der Waals surface area contributed by atoms with Crippen molar-refractivity contribution in [2.24, 2.45) is 0 Å². The molecule has 2 rings (SSSR count). The van der Waals surface area contributed by atoms with Crippen LogP contribution in [0.15, 0.2) is 29.8 Å². The average Bonchev–Trinajstić information content (AvgIpc) is 2.98. The van der Waals surface area contributed by atoms with Crippen molar-refractivity contribution >= 4 is 12.0 Å². The maximum absolute atomic E-state index is 12.0. The first-order chi connectivity index (χ1) is 9.72. The Kier molecular flexibility index (Phi) is 4.52. The number of rotatable bonds is 3. The molecule has 0 spiro atoms. The summed E-state index contributed by atoms with van der Waals surface area (Å²) in [5, 5.41) is 20.7. The van der Waals surface area contributed by atoms with Crippen molar-refractivity contribution in [3.63, 3.8) is 0 Å². The predicted molar refractivity (Wildman–Crippen MR) is 75.1 cm³/mol. The van der Waals surface area contributed by atoms with Crippen molar-refractivity contribution < 1.29 is 4.79 Å². The molecule has 0 saturated heterocycles. The number of nitrogens with zero attached hydrogens (tertiary/aromatic N) is 2. The van der Waals surface area contributed by atoms with E-state index in [2.05, 4.69) is 5.32 Å². The zero-order valence-electron chi connectivity index (χ0n) is 11.1. The van der Waals surface area contributed by atoms with Crippen LogP contribution in [0.5, 0.6) is 0 Å². The lowest BCUT2D eigenvalue weighted by molar-refractivity contribution is -0.117. The molecule has 0 radical (unpaired) electrons. The van der Waals surface area contributed by atoms with E-state index >= 15 is 0 Å². The van der Waals surface area contributed by atoms with Gasteiger partial charge in [0.25, 0.3) is 5.91 Å². The molecule has 1 aromatic carbocycles. The maximum atomic E-state index is 12.0. The zero-order valence-corrected chi connectivity index (χ0v) is 11.1. The Morgan fingerprint density at radius 3 is 2.40 bits per heavy atom. The first-order valence-corrected chi connectivity index (χ1v) is 6.66. The van der Waals surface area contributed by atoms with Gasteiger partial charge in [-0.25, -0.2) is 0 Å². The van der Waals surface area contributed by atoms with E-state index in [1.807, 2.05) is 12.1 Å². The van der Waals surface area contributed by atoms with Crippen LogP contribution in [0, 0.1) is 22.7 Å². The summed E-state index contributed by atoms with van der Waals surface area (Å²) in [5.74, 6) is -0.316. The van der Waals surface area contributed by atoms with E-state index in [1.54, 1.807) is 30.3 Å². The number of benzene rings is 1. The van der Waals surface area contributed by atoms with Gasteiger partial charge in [-0.3, -0.25) is 4.79 Å². The van der Waals surface area contributed by atoms with Crippen molar-refractivity contribution in [1.29, 1.82) is 10.5 Å². The van der Waals surface area contributed by atoms with Gasteiger partial charge in [-0.15, -0.1) is 0 Å². The quantitative estimate of drug-likeness (QED) is 0.674. The van der Waals surface area contributed by atoms with Crippen LogP contribution in [0.1, 0.15) is 36.8 Å². The van der Waals surface area contributed by atoms with Gasteiger partial charge in [0.05, 0.1) is 11.6 Å². The molecule has 0 bridgehead atoms. The van der Waals surface area contributed by atoms with Gasteiger partial charge in [-0.2, -0.15) is 10.5 Å². The van der Waals surface area contributed by atoms with Crippen LogP contribution in [-0.2, 0) is 4.79 Å². The predicted octanol–water partition coefficient (Wildman–Crippen LogP) is 2.52. The van der Waals surface area contributed by atoms with Crippen LogP contribution < -0.4 is 5.32 Å². The highest BCUT2D eigenvalue weighted by atomic mass is 16.1. The molecule has 0 unspecified atom stereocenters. The highest BCUT2D eigenvalue weighted by Gasteiger charge is 2.19. The van der Waals surface area contributed by atoms with Crippen LogP contribution in [0.25, 0.3) is 6.08 Å². The minimum atomic E-state index is -0.316. The Labute approximate surface area is 118 Å². The fourth-order valence-corrected chi connectivity index (χ4v) is 2.30. The number of carbonyl (C=O) groups excluding carboxylic acids is 1. The third-order valence-electron chi connectivity index (χ3n) is 3.41. The summed E-state index contributed by atoms with van der Waals surface area (Å²) >= 11 is 0. The first kappa shape index (κ1) is 13.8. The van der Waals surface area contributed by atoms with E-state index in [-0.39, 0.29) is 17.5 Å². The minimum Gasteiger partial charge on any atom is -0.349 e. The van der Waals surface area contributed by atoms with E-state index in [1.165, 1.54) is 0 Å². The molecule has 1 N–H and O–H groups in total. The maximum Gasteiger partial charge on any atom is 0.262 e. The molecule has 1 fully saturated rings. The molecule has 0 aromatic heterocycles. The Bertz CT molecular complexity index is 596. The molecule has 1 aromatic rings. The van der Waals surface area contributed by atoms with E-state index in [0.717, 1.165) is 31.2 Å². The van der Waals surface area contributed by atoms with Crippen molar-refractivity contribution in [1.82, 2.24) is 5.32 Å². The molecule has 20 heavy (non-hydrogen) atoms. The van der Waals surface area contributed by atoms with Gasteiger partial charge in [0.1, 0.15) is 11.6 Å². The average molecular weight is 265 g/mol. The summed E-state index contributed by atoms with van der Waals surface area (Å²) in [6.45, 7) is 0. The summed E-state index contributed by atoms with van der Waals surface area (Å²) in [4.78, 5) is 12.0. The lowest BCUT2D eigenvalue weighted by Gasteiger charge is -2.10. The zero-order chi connectivity index (χ0) is 14.4. The highest BCUT2D eigenvalue weighted by molar-refractivity contribution is 6.01. The molecule has 1 aliphatic carbocycles. The monoisotopic (exact) mass is 265 g/mol. The van der Waals surface area contributed by atoms with E-state index in [4.69, 9.17) is 10.5 Å². The molecule has 1 saturated carbocycles. The fourth-order valence-electron chi connectivity index (χ4n) is 2.30. The van der Waals surface area contributed by atoms with Crippen molar-refractivity contribution in [2.75, 3.05) is 0 Å². The molecule has 4 heteroatoms. The second-order valence-electron chi connectivity index (χ2n) is 4.86. The number of hydrogen-bond acceptors (Lipinski definition) is 3. The Morgan fingerprint density at radius 1 is 1.20 bits per heavy atom. The number of nitriles is 2. The molecule has 100 valence electrons. The molecule has 0 atom stereocenters. The Hall–Kier alpha value is -2.59. The van der Waals surface area contributed by atoms with Gasteiger partial charge in [0.2, 0.25) is 0 Å². The van der Waals surface area contributed by atoms with Crippen molar-refractivity contribution in [3.05, 3.63) is 41.0 Å². The number of nitrogens with one attached hydrogen (secondary N) is 1. The van der Waals surface area contributed by atoms with Crippen LogP contribution in [-0.4, -0.2) is 11.9 Å². The van der Waals surface area contributed by atoms with Crippen LogP contribution in [0.3, 0.4) is 0 Å². The highest BCUT2D eigenvalue weighted by Crippen LogP contribution is 2.18. The standard InChI is InChI=1S/C16H15N3O/c17-10-13-7-5-12(6-8-13)9-14(11-18)16(20)19-15-3-1-2-4-15/h5-9,15H,1-4H2,(H,19,20)/b14-9+. The lowest BCUT2D eigenvalue weighted by atomic mass is 10.1. The van der Waals surface area contributed by atoms with E-state index in [9.17, 15) is 4.79 Å². The van der Waals surface area contributed by atoms with Crippen molar-refractivity contribution in [3.8, 4) is 12.1 Å². The van der Waals surface area contributed by atoms with Gasteiger partial charge in [0, 0.05) is 6.04 Å². The molecule has 0 heterocycles. The summed E-state index contributed by atoms with van der Waals surface area (Å²) in [5.41, 5.74) is 1.39. The van der Waals surface area contributed by atoms with Gasteiger partial charge in [-0.05, 0) is 36.6 Å². The summed E-state index contributed by atoms with van der Waals surface area (Å²) in [6, 6.07) is 10.9. The summed E-state index contributed by atoms with van der Waals surface area (Å²) < 4.78 is 0.